The molecule has 0 bridgehead atoms. The lowest BCUT2D eigenvalue weighted by atomic mass is 10.3. The first-order valence-electron chi connectivity index (χ1n) is 4.73. The van der Waals surface area contributed by atoms with Gasteiger partial charge in [0.15, 0.2) is 0 Å². The second-order valence-corrected chi connectivity index (χ2v) is 3.97. The molecule has 1 aromatic rings. The lowest BCUT2D eigenvalue weighted by Crippen LogP contribution is -1.97. The van der Waals surface area contributed by atoms with Crippen LogP contribution < -0.4 is 4.74 Å². The van der Waals surface area contributed by atoms with Crippen LogP contribution in [-0.4, -0.2) is 6.61 Å². The topological polar surface area (TPSA) is 9.23 Å². The van der Waals surface area contributed by atoms with Crippen LogP contribution in [0.4, 0.5) is 0 Å². The van der Waals surface area contributed by atoms with Gasteiger partial charge in [-0.2, -0.15) is 0 Å². The van der Waals surface area contributed by atoms with E-state index < -0.39 is 0 Å². The van der Waals surface area contributed by atoms with Gasteiger partial charge in [0.25, 0.3) is 0 Å². The van der Waals surface area contributed by atoms with Crippen molar-refractivity contribution in [3.05, 3.63) is 29.3 Å². The molecule has 0 radical (unpaired) electrons. The smallest absolute Gasteiger partial charge is 0.120 e. The van der Waals surface area contributed by atoms with Gasteiger partial charge in [-0.1, -0.05) is 30.5 Å². The molecule has 1 aliphatic carbocycles. The highest BCUT2D eigenvalue weighted by molar-refractivity contribution is 6.30. The molecule has 13 heavy (non-hydrogen) atoms. The lowest BCUT2D eigenvalue weighted by molar-refractivity contribution is 0.302. The Bertz CT molecular complexity index is 281. The summed E-state index contributed by atoms with van der Waals surface area (Å²) in [6, 6.07) is 7.57. The Morgan fingerprint density at radius 2 is 2.23 bits per heavy atom. The summed E-state index contributed by atoms with van der Waals surface area (Å²) in [5, 5.41) is 0.740. The molecule has 0 N–H and O–H groups in total. The summed E-state index contributed by atoms with van der Waals surface area (Å²) in [5.74, 6) is 1.81. The summed E-state index contributed by atoms with van der Waals surface area (Å²) in [5.41, 5.74) is 0. The molecule has 0 saturated heterocycles. The summed E-state index contributed by atoms with van der Waals surface area (Å²) in [6.07, 6.45) is 3.96. The molecule has 0 heterocycles. The van der Waals surface area contributed by atoms with Crippen molar-refractivity contribution in [2.45, 2.75) is 19.3 Å². The Hall–Kier alpha value is -0.690. The van der Waals surface area contributed by atoms with E-state index in [0.717, 1.165) is 23.3 Å². The van der Waals surface area contributed by atoms with Gasteiger partial charge < -0.3 is 4.74 Å². The second kappa shape index (κ2) is 4.01. The fourth-order valence-electron chi connectivity index (χ4n) is 1.31. The Balaban J connectivity index is 1.79. The van der Waals surface area contributed by atoms with Crippen molar-refractivity contribution in [3.63, 3.8) is 0 Å². The molecule has 1 saturated carbocycles. The molecule has 2 rings (SSSR count). The summed E-state index contributed by atoms with van der Waals surface area (Å²) >= 11 is 5.82. The van der Waals surface area contributed by atoms with Crippen molar-refractivity contribution < 1.29 is 4.74 Å². The van der Waals surface area contributed by atoms with Crippen molar-refractivity contribution in [1.29, 1.82) is 0 Å². The molecule has 70 valence electrons. The van der Waals surface area contributed by atoms with E-state index in [0.29, 0.717) is 0 Å². The SMILES string of the molecule is Clc1cccc(OCCC2CC2)c1. The van der Waals surface area contributed by atoms with Gasteiger partial charge in [0, 0.05) is 5.02 Å². The van der Waals surface area contributed by atoms with Gasteiger partial charge in [0.1, 0.15) is 5.75 Å². The fourth-order valence-corrected chi connectivity index (χ4v) is 1.49. The normalized spacial score (nSPS) is 15.8. The van der Waals surface area contributed by atoms with E-state index in [2.05, 4.69) is 0 Å². The summed E-state index contributed by atoms with van der Waals surface area (Å²) in [6.45, 7) is 0.824. The maximum absolute atomic E-state index is 5.82. The summed E-state index contributed by atoms with van der Waals surface area (Å²) < 4.78 is 5.55. The third-order valence-electron chi connectivity index (χ3n) is 2.29. The molecule has 0 unspecified atom stereocenters. The van der Waals surface area contributed by atoms with E-state index in [4.69, 9.17) is 16.3 Å². The van der Waals surface area contributed by atoms with Crippen molar-refractivity contribution in [2.24, 2.45) is 5.92 Å². The molecule has 1 aromatic carbocycles. The summed E-state index contributed by atoms with van der Waals surface area (Å²) in [4.78, 5) is 0. The standard InChI is InChI=1S/C11H13ClO/c12-10-2-1-3-11(8-10)13-7-6-9-4-5-9/h1-3,8-9H,4-7H2. The van der Waals surface area contributed by atoms with Crippen LogP contribution in [0.1, 0.15) is 19.3 Å². The van der Waals surface area contributed by atoms with Crippen LogP contribution in [-0.2, 0) is 0 Å². The quantitative estimate of drug-likeness (QED) is 0.716. The van der Waals surface area contributed by atoms with E-state index in [-0.39, 0.29) is 0 Å². The van der Waals surface area contributed by atoms with Crippen LogP contribution in [0.3, 0.4) is 0 Å². The lowest BCUT2D eigenvalue weighted by Gasteiger charge is -2.04. The second-order valence-electron chi connectivity index (χ2n) is 3.54. The average molecular weight is 197 g/mol. The first-order chi connectivity index (χ1) is 6.34. The first kappa shape index (κ1) is 8.89. The van der Waals surface area contributed by atoms with Crippen LogP contribution >= 0.6 is 11.6 Å². The number of hydrogen-bond acceptors (Lipinski definition) is 1. The van der Waals surface area contributed by atoms with E-state index in [9.17, 15) is 0 Å². The van der Waals surface area contributed by atoms with Crippen molar-refractivity contribution in [2.75, 3.05) is 6.61 Å². The van der Waals surface area contributed by atoms with Crippen LogP contribution in [0.2, 0.25) is 5.02 Å². The zero-order chi connectivity index (χ0) is 9.10. The van der Waals surface area contributed by atoms with Crippen molar-refractivity contribution in [1.82, 2.24) is 0 Å². The number of halogens is 1. The predicted octanol–water partition coefficient (Wildman–Crippen LogP) is 3.52. The van der Waals surface area contributed by atoms with Crippen LogP contribution in [0, 0.1) is 5.92 Å². The van der Waals surface area contributed by atoms with E-state index in [1.807, 2.05) is 24.3 Å². The third-order valence-corrected chi connectivity index (χ3v) is 2.52. The Morgan fingerprint density at radius 3 is 2.92 bits per heavy atom. The van der Waals surface area contributed by atoms with Crippen molar-refractivity contribution in [3.8, 4) is 5.75 Å². The highest BCUT2D eigenvalue weighted by Crippen LogP contribution is 2.32. The van der Waals surface area contributed by atoms with Crippen LogP contribution in [0.25, 0.3) is 0 Å². The largest absolute Gasteiger partial charge is 0.494 e. The number of ether oxygens (including phenoxy) is 1. The van der Waals surface area contributed by atoms with Gasteiger partial charge in [-0.25, -0.2) is 0 Å². The first-order valence-corrected chi connectivity index (χ1v) is 5.11. The van der Waals surface area contributed by atoms with Crippen molar-refractivity contribution >= 4 is 11.6 Å². The minimum atomic E-state index is 0.740. The van der Waals surface area contributed by atoms with Gasteiger partial charge in [0.05, 0.1) is 6.61 Å². The van der Waals surface area contributed by atoms with Gasteiger partial charge in [-0.15, -0.1) is 0 Å². The fraction of sp³-hybridized carbons (Fsp3) is 0.455. The molecular weight excluding hydrogens is 184 g/mol. The maximum atomic E-state index is 5.82. The highest BCUT2D eigenvalue weighted by atomic mass is 35.5. The van der Waals surface area contributed by atoms with Gasteiger partial charge in [-0.05, 0) is 30.5 Å². The van der Waals surface area contributed by atoms with Gasteiger partial charge >= 0.3 is 0 Å². The third kappa shape index (κ3) is 2.92. The Labute approximate surface area is 83.7 Å². The predicted molar refractivity (Wildman–Crippen MR) is 54.3 cm³/mol. The molecule has 2 heteroatoms. The van der Waals surface area contributed by atoms with E-state index in [1.165, 1.54) is 19.3 Å². The average Bonchev–Trinajstić information content (AvgIpc) is 2.88. The number of benzene rings is 1. The minimum Gasteiger partial charge on any atom is -0.494 e. The monoisotopic (exact) mass is 196 g/mol. The zero-order valence-electron chi connectivity index (χ0n) is 7.50. The molecular formula is C11H13ClO. The number of hydrogen-bond donors (Lipinski definition) is 0. The molecule has 1 nitrogen and oxygen atoms in total. The van der Waals surface area contributed by atoms with Crippen LogP contribution in [0.5, 0.6) is 5.75 Å². The zero-order valence-corrected chi connectivity index (χ0v) is 8.26. The Morgan fingerprint density at radius 1 is 1.38 bits per heavy atom. The van der Waals surface area contributed by atoms with E-state index in [1.54, 1.807) is 0 Å². The Kier molecular flexibility index (Phi) is 2.74. The molecule has 0 spiro atoms. The molecule has 0 aromatic heterocycles. The van der Waals surface area contributed by atoms with Crippen LogP contribution in [0.15, 0.2) is 24.3 Å². The molecule has 0 atom stereocenters. The maximum Gasteiger partial charge on any atom is 0.120 e. The molecule has 1 aliphatic rings. The van der Waals surface area contributed by atoms with Gasteiger partial charge in [0.2, 0.25) is 0 Å². The molecule has 1 fully saturated rings. The minimum absolute atomic E-state index is 0.740. The van der Waals surface area contributed by atoms with Gasteiger partial charge in [-0.3, -0.25) is 0 Å². The summed E-state index contributed by atoms with van der Waals surface area (Å²) in [7, 11) is 0. The highest BCUT2D eigenvalue weighted by Gasteiger charge is 2.20. The van der Waals surface area contributed by atoms with E-state index >= 15 is 0 Å². The number of rotatable bonds is 4. The molecule has 0 aliphatic heterocycles. The molecule has 0 amide bonds.